The van der Waals surface area contributed by atoms with Crippen molar-refractivity contribution in [3.63, 3.8) is 0 Å². The van der Waals surface area contributed by atoms with Crippen LogP contribution in [0.4, 0.5) is 10.1 Å². The van der Waals surface area contributed by atoms with Gasteiger partial charge in [-0.2, -0.15) is 0 Å². The third-order valence-corrected chi connectivity index (χ3v) is 5.02. The average Bonchev–Trinajstić information content (AvgIpc) is 2.80. The number of hydrogen-bond donors (Lipinski definition) is 1. The lowest BCUT2D eigenvalue weighted by Crippen LogP contribution is -2.26. The minimum absolute atomic E-state index is 0.182. The Hall–Kier alpha value is -1.86. The van der Waals surface area contributed by atoms with Gasteiger partial charge in [-0.05, 0) is 31.3 Å². The summed E-state index contributed by atoms with van der Waals surface area (Å²) in [4.78, 5) is 0.182. The van der Waals surface area contributed by atoms with E-state index in [-0.39, 0.29) is 10.6 Å². The topological polar surface area (TPSA) is 54.3 Å². The Morgan fingerprint density at radius 3 is 2.67 bits per heavy atom. The number of halogens is 1. The highest BCUT2D eigenvalue weighted by Crippen LogP contribution is 2.23. The number of nitrogens with one attached hydrogen (secondary N) is 1. The molecule has 0 atom stereocenters. The molecule has 0 radical (unpaired) electrons. The highest BCUT2D eigenvalue weighted by Gasteiger charge is 2.23. The van der Waals surface area contributed by atoms with Crippen LogP contribution in [-0.4, -0.2) is 27.1 Å². The molecule has 0 saturated carbocycles. The summed E-state index contributed by atoms with van der Waals surface area (Å²) in [6, 6.07) is 7.11. The van der Waals surface area contributed by atoms with Gasteiger partial charge in [-0.3, -0.25) is 4.31 Å². The van der Waals surface area contributed by atoms with Crippen LogP contribution in [0, 0.1) is 5.82 Å². The van der Waals surface area contributed by atoms with Crippen molar-refractivity contribution in [2.24, 2.45) is 7.05 Å². The summed E-state index contributed by atoms with van der Waals surface area (Å²) in [5.41, 5.74) is 1.14. The first-order valence-electron chi connectivity index (χ1n) is 6.40. The molecular formula is C14H18FN3O2S. The van der Waals surface area contributed by atoms with Gasteiger partial charge in [0.15, 0.2) is 0 Å². The van der Waals surface area contributed by atoms with Crippen molar-refractivity contribution >= 4 is 15.7 Å². The van der Waals surface area contributed by atoms with Crippen LogP contribution < -0.4 is 9.62 Å². The summed E-state index contributed by atoms with van der Waals surface area (Å²) >= 11 is 0. The summed E-state index contributed by atoms with van der Waals surface area (Å²) in [5.74, 6) is -0.474. The van der Waals surface area contributed by atoms with E-state index < -0.39 is 15.8 Å². The third-order valence-electron chi connectivity index (χ3n) is 3.27. The fourth-order valence-electron chi connectivity index (χ4n) is 2.04. The van der Waals surface area contributed by atoms with Gasteiger partial charge in [-0.25, -0.2) is 12.8 Å². The van der Waals surface area contributed by atoms with E-state index in [4.69, 9.17) is 0 Å². The zero-order valence-electron chi connectivity index (χ0n) is 12.2. The predicted octanol–water partition coefficient (Wildman–Crippen LogP) is 1.71. The molecule has 0 amide bonds. The molecule has 1 aromatic carbocycles. The summed E-state index contributed by atoms with van der Waals surface area (Å²) < 4.78 is 41.3. The number of aryl methyl sites for hydroxylation is 1. The van der Waals surface area contributed by atoms with E-state index in [0.717, 1.165) is 10.00 Å². The molecule has 0 bridgehead atoms. The van der Waals surface area contributed by atoms with Gasteiger partial charge in [0.25, 0.3) is 10.0 Å². The first-order chi connectivity index (χ1) is 9.86. The van der Waals surface area contributed by atoms with Crippen molar-refractivity contribution in [1.29, 1.82) is 0 Å². The molecule has 0 saturated heterocycles. The number of anilines is 1. The average molecular weight is 311 g/mol. The van der Waals surface area contributed by atoms with Crippen LogP contribution in [0.25, 0.3) is 0 Å². The fraction of sp³-hybridized carbons (Fsp3) is 0.286. The summed E-state index contributed by atoms with van der Waals surface area (Å²) in [6.45, 7) is 0.565. The zero-order valence-corrected chi connectivity index (χ0v) is 13.0. The molecule has 0 aliphatic heterocycles. The minimum Gasteiger partial charge on any atom is -0.352 e. The van der Waals surface area contributed by atoms with Gasteiger partial charge in [0.2, 0.25) is 0 Å². The number of aromatic nitrogens is 1. The zero-order chi connectivity index (χ0) is 15.6. The van der Waals surface area contributed by atoms with E-state index in [1.165, 1.54) is 25.2 Å². The molecule has 1 aromatic heterocycles. The maximum atomic E-state index is 13.3. The standard InChI is InChI=1S/C14H18FN3O2S/c1-16-9-13-8-14(10-17(13)2)21(19,20)18(3)12-6-4-5-11(15)7-12/h4-8,10,16H,9H2,1-3H3. The van der Waals surface area contributed by atoms with Crippen LogP contribution in [0.5, 0.6) is 0 Å². The fourth-order valence-corrected chi connectivity index (χ4v) is 3.33. The Balaban J connectivity index is 2.39. The molecule has 0 aliphatic rings. The molecule has 2 aromatic rings. The van der Waals surface area contributed by atoms with Gasteiger partial charge in [-0.15, -0.1) is 0 Å². The molecule has 5 nitrogen and oxygen atoms in total. The Morgan fingerprint density at radius 2 is 2.05 bits per heavy atom. The highest BCUT2D eigenvalue weighted by molar-refractivity contribution is 7.92. The van der Waals surface area contributed by atoms with E-state index in [9.17, 15) is 12.8 Å². The van der Waals surface area contributed by atoms with Gasteiger partial charge < -0.3 is 9.88 Å². The molecule has 1 heterocycles. The maximum Gasteiger partial charge on any atom is 0.265 e. The third kappa shape index (κ3) is 3.08. The Bertz CT molecular complexity index is 740. The molecule has 114 valence electrons. The van der Waals surface area contributed by atoms with E-state index in [1.807, 2.05) is 0 Å². The first-order valence-corrected chi connectivity index (χ1v) is 7.84. The summed E-state index contributed by atoms with van der Waals surface area (Å²) in [7, 11) is 1.28. The molecule has 0 fully saturated rings. The molecule has 21 heavy (non-hydrogen) atoms. The van der Waals surface area contributed by atoms with Crippen molar-refractivity contribution in [3.8, 4) is 0 Å². The smallest absolute Gasteiger partial charge is 0.265 e. The Morgan fingerprint density at radius 1 is 1.33 bits per heavy atom. The second-order valence-corrected chi connectivity index (χ2v) is 6.73. The summed E-state index contributed by atoms with van der Waals surface area (Å²) in [5, 5.41) is 2.98. The van der Waals surface area contributed by atoms with Crippen molar-refractivity contribution in [3.05, 3.63) is 48.0 Å². The van der Waals surface area contributed by atoms with Crippen LogP contribution in [0.1, 0.15) is 5.69 Å². The molecule has 2 rings (SSSR count). The van der Waals surface area contributed by atoms with Crippen LogP contribution in [0.2, 0.25) is 0 Å². The molecule has 0 unspecified atom stereocenters. The molecule has 1 N–H and O–H groups in total. The van der Waals surface area contributed by atoms with Crippen LogP contribution in [-0.2, 0) is 23.6 Å². The minimum atomic E-state index is -3.71. The largest absolute Gasteiger partial charge is 0.352 e. The van der Waals surface area contributed by atoms with Crippen molar-refractivity contribution in [2.45, 2.75) is 11.4 Å². The monoisotopic (exact) mass is 311 g/mol. The lowest BCUT2D eigenvalue weighted by atomic mass is 10.3. The maximum absolute atomic E-state index is 13.3. The van der Waals surface area contributed by atoms with E-state index in [2.05, 4.69) is 5.32 Å². The molecular weight excluding hydrogens is 293 g/mol. The number of rotatable bonds is 5. The van der Waals surface area contributed by atoms with E-state index in [0.29, 0.717) is 6.54 Å². The van der Waals surface area contributed by atoms with Gasteiger partial charge in [0.05, 0.1) is 5.69 Å². The highest BCUT2D eigenvalue weighted by atomic mass is 32.2. The SMILES string of the molecule is CNCc1cc(S(=O)(=O)N(C)c2cccc(F)c2)cn1C. The number of hydrogen-bond acceptors (Lipinski definition) is 3. The van der Waals surface area contributed by atoms with E-state index >= 15 is 0 Å². The van der Waals surface area contributed by atoms with Gasteiger partial charge in [0, 0.05) is 32.5 Å². The number of nitrogens with zero attached hydrogens (tertiary/aromatic N) is 2. The quantitative estimate of drug-likeness (QED) is 0.914. The van der Waals surface area contributed by atoms with Crippen LogP contribution in [0.15, 0.2) is 41.4 Å². The lowest BCUT2D eigenvalue weighted by molar-refractivity contribution is 0.594. The van der Waals surface area contributed by atoms with Crippen LogP contribution in [0.3, 0.4) is 0 Å². The van der Waals surface area contributed by atoms with Crippen molar-refractivity contribution in [1.82, 2.24) is 9.88 Å². The van der Waals surface area contributed by atoms with Gasteiger partial charge >= 0.3 is 0 Å². The van der Waals surface area contributed by atoms with Gasteiger partial charge in [-0.1, -0.05) is 6.07 Å². The molecule has 0 spiro atoms. The number of sulfonamides is 1. The summed E-state index contributed by atoms with van der Waals surface area (Å²) in [6.07, 6.45) is 1.55. The second kappa shape index (κ2) is 5.87. The predicted molar refractivity (Wildman–Crippen MR) is 80.2 cm³/mol. The normalized spacial score (nSPS) is 11.6. The first kappa shape index (κ1) is 15.5. The molecule has 7 heteroatoms. The Kier molecular flexibility index (Phi) is 4.34. The lowest BCUT2D eigenvalue weighted by Gasteiger charge is -2.18. The molecule has 0 aliphatic carbocycles. The second-order valence-electron chi connectivity index (χ2n) is 4.76. The van der Waals surface area contributed by atoms with Crippen LogP contribution >= 0.6 is 0 Å². The number of benzene rings is 1. The van der Waals surface area contributed by atoms with Crippen molar-refractivity contribution < 1.29 is 12.8 Å². The van der Waals surface area contributed by atoms with Crippen molar-refractivity contribution in [2.75, 3.05) is 18.4 Å². The van der Waals surface area contributed by atoms with Gasteiger partial charge in [0.1, 0.15) is 10.7 Å². The van der Waals surface area contributed by atoms with E-state index in [1.54, 1.807) is 37.0 Å². The Labute approximate surface area is 124 Å².